The van der Waals surface area contributed by atoms with Gasteiger partial charge in [-0.15, -0.1) is 0 Å². The molecule has 12 heteroatoms. The van der Waals surface area contributed by atoms with Gasteiger partial charge in [-0.25, -0.2) is 0 Å². The van der Waals surface area contributed by atoms with Gasteiger partial charge in [0.25, 0.3) is 0 Å². The first-order valence-electron chi connectivity index (χ1n) is 11.0. The van der Waals surface area contributed by atoms with Crippen LogP contribution < -0.4 is 68.9 Å². The van der Waals surface area contributed by atoms with Gasteiger partial charge in [0, 0.05) is 34.7 Å². The number of hydrogen-bond acceptors (Lipinski definition) is 8. The fraction of sp³-hybridized carbons (Fsp3) is 0.900. The molecule has 8 nitrogen and oxygen atoms in total. The summed E-state index contributed by atoms with van der Waals surface area (Å²) in [5.41, 5.74) is -1.62. The van der Waals surface area contributed by atoms with Crippen LogP contribution >= 0.6 is 15.2 Å². The number of unbranched alkanes of at least 4 members (excludes halogenated alkanes) is 13. The van der Waals surface area contributed by atoms with Gasteiger partial charge in [-0.05, 0) is 12.8 Å². The molecule has 0 saturated heterocycles. The Morgan fingerprint density at radius 2 is 0.812 bits per heavy atom. The predicted octanol–water partition coefficient (Wildman–Crippen LogP) is -1.31. The third-order valence-electron chi connectivity index (χ3n) is 5.12. The van der Waals surface area contributed by atoms with Gasteiger partial charge in [-0.3, -0.25) is 14.2 Å². The Balaban J connectivity index is -0.00000420. The number of carbonyl (C=O) groups excluding carboxylic acids is 2. The monoisotopic (exact) mass is 514 g/mol. The van der Waals surface area contributed by atoms with Crippen molar-refractivity contribution in [1.82, 2.24) is 0 Å². The van der Waals surface area contributed by atoms with Crippen molar-refractivity contribution in [1.29, 1.82) is 0 Å². The van der Waals surface area contributed by atoms with Crippen LogP contribution in [0, 0.1) is 0 Å². The van der Waals surface area contributed by atoms with Crippen LogP contribution in [0.25, 0.3) is 0 Å². The maximum Gasteiger partial charge on any atom is 1.00 e. The van der Waals surface area contributed by atoms with E-state index in [1.165, 1.54) is 46.3 Å². The van der Waals surface area contributed by atoms with Crippen LogP contribution in [0.15, 0.2) is 0 Å². The van der Waals surface area contributed by atoms with E-state index in [1.807, 2.05) is 0 Å². The van der Waals surface area contributed by atoms with Crippen molar-refractivity contribution in [2.24, 2.45) is 0 Å². The van der Waals surface area contributed by atoms with Crippen LogP contribution in [0.1, 0.15) is 103 Å². The maximum absolute atomic E-state index is 11.9. The smallest absolute Gasteiger partial charge is 0.805 e. The summed E-state index contributed by atoms with van der Waals surface area (Å²) in [5, 5.41) is 0. The van der Waals surface area contributed by atoms with Crippen molar-refractivity contribution in [2.75, 3.05) is 14.2 Å². The molecule has 0 N–H and O–H groups in total. The van der Waals surface area contributed by atoms with Gasteiger partial charge in [0.15, 0.2) is 5.52 Å². The van der Waals surface area contributed by atoms with Gasteiger partial charge in [-0.1, -0.05) is 77.0 Å². The van der Waals surface area contributed by atoms with Gasteiger partial charge in [0.05, 0.1) is 0 Å². The number of hydrogen-bond donors (Lipinski definition) is 0. The van der Waals surface area contributed by atoms with E-state index in [0.29, 0.717) is 12.8 Å². The second-order valence-corrected chi connectivity index (χ2v) is 11.3. The normalized spacial score (nSPS) is 11.5. The fourth-order valence-corrected chi connectivity index (χ4v) is 4.65. The molecule has 0 aliphatic rings. The predicted molar refractivity (Wildman–Crippen MR) is 113 cm³/mol. The van der Waals surface area contributed by atoms with E-state index in [4.69, 9.17) is 0 Å². The van der Waals surface area contributed by atoms with Gasteiger partial charge < -0.3 is 23.4 Å². The van der Waals surface area contributed by atoms with E-state index in [2.05, 4.69) is 9.05 Å². The minimum Gasteiger partial charge on any atom is -0.805 e. The molecule has 178 valence electrons. The molecule has 0 aromatic rings. The third-order valence-corrected chi connectivity index (χ3v) is 7.75. The summed E-state index contributed by atoms with van der Waals surface area (Å²) in [6.45, 7) is 0. The van der Waals surface area contributed by atoms with Crippen LogP contribution in [0.5, 0.6) is 0 Å². The second kappa shape index (κ2) is 23.1. The van der Waals surface area contributed by atoms with Crippen molar-refractivity contribution in [3.05, 3.63) is 0 Å². The van der Waals surface area contributed by atoms with E-state index < -0.39 is 26.2 Å². The molecule has 0 atom stereocenters. The Labute approximate surface area is 238 Å². The average Bonchev–Trinajstić information content (AvgIpc) is 2.71. The molecule has 0 aromatic carbocycles. The molecule has 0 heterocycles. The molecule has 0 unspecified atom stereocenters. The van der Waals surface area contributed by atoms with E-state index in [1.54, 1.807) is 0 Å². The molecule has 32 heavy (non-hydrogen) atoms. The quantitative estimate of drug-likeness (QED) is 0.105. The van der Waals surface area contributed by atoms with E-state index in [0.717, 1.165) is 44.9 Å². The molecule has 0 aromatic heterocycles. The minimum absolute atomic E-state index is 0. The molecule has 0 bridgehead atoms. The van der Waals surface area contributed by atoms with Crippen LogP contribution in [0.2, 0.25) is 0 Å². The zero-order valence-electron chi connectivity index (χ0n) is 20.5. The summed E-state index contributed by atoms with van der Waals surface area (Å²) in [6.07, 6.45) is 14.3. The van der Waals surface area contributed by atoms with Crippen molar-refractivity contribution >= 4 is 26.2 Å². The Kier molecular flexibility index (Phi) is 27.5. The van der Waals surface area contributed by atoms with Crippen LogP contribution in [-0.4, -0.2) is 25.3 Å². The SMILES string of the molecule is COP(=O)(OC)C(=O)CCCCCCCCCCCCCCCCC(=O)P(=O)([O-])[O-].[Na+].[Na+]. The average molecular weight is 514 g/mol. The Bertz CT molecular complexity index is 576. The van der Waals surface area contributed by atoms with Gasteiger partial charge in [0.1, 0.15) is 0 Å². The van der Waals surface area contributed by atoms with Crippen molar-refractivity contribution in [2.45, 2.75) is 103 Å². The zero-order chi connectivity index (χ0) is 22.9. The summed E-state index contributed by atoms with van der Waals surface area (Å²) in [6, 6.07) is 0. The van der Waals surface area contributed by atoms with Crippen molar-refractivity contribution < 1.29 is 96.7 Å². The maximum atomic E-state index is 11.9. The minimum atomic E-state index is -5.03. The first-order valence-corrected chi connectivity index (χ1v) is 14.1. The van der Waals surface area contributed by atoms with Crippen molar-refractivity contribution in [3.8, 4) is 0 Å². The van der Waals surface area contributed by atoms with Gasteiger partial charge in [0.2, 0.25) is 5.52 Å². The standard InChI is InChI=1S/C20H40O8P2.2Na/c1-27-30(26,28-2)20(22)18-16-14-12-10-8-6-4-3-5-7-9-11-13-15-17-19(21)29(23,24)25;;/h3-18H2,1-2H3,(H2,23,24,25);;/q;2*+1/p-2. The molecule has 0 amide bonds. The molecule has 0 radical (unpaired) electrons. The Hall–Kier alpha value is 1.64. The number of rotatable bonds is 21. The summed E-state index contributed by atoms with van der Waals surface area (Å²) in [7, 11) is -6.14. The fourth-order valence-electron chi connectivity index (χ4n) is 3.23. The molecular formula is C20H38Na2O8P2. The van der Waals surface area contributed by atoms with Crippen LogP contribution in [-0.2, 0) is 27.8 Å². The molecule has 0 aliphatic carbocycles. The molecule has 0 fully saturated rings. The first kappa shape index (κ1) is 38.2. The van der Waals surface area contributed by atoms with Gasteiger partial charge in [-0.2, -0.15) is 0 Å². The van der Waals surface area contributed by atoms with E-state index in [-0.39, 0.29) is 72.0 Å². The summed E-state index contributed by atoms with van der Waals surface area (Å²) in [5.74, 6) is 0. The third kappa shape index (κ3) is 19.9. The Morgan fingerprint density at radius 3 is 1.06 bits per heavy atom. The van der Waals surface area contributed by atoms with Crippen LogP contribution in [0.4, 0.5) is 0 Å². The molecule has 0 rings (SSSR count). The number of carbonyl (C=O) groups is 2. The molecule has 0 spiro atoms. The van der Waals surface area contributed by atoms with E-state index in [9.17, 15) is 28.5 Å². The second-order valence-electron chi connectivity index (χ2n) is 7.60. The summed E-state index contributed by atoms with van der Waals surface area (Å²) >= 11 is 0. The Morgan fingerprint density at radius 1 is 0.562 bits per heavy atom. The molecule has 0 saturated carbocycles. The summed E-state index contributed by atoms with van der Waals surface area (Å²) < 4.78 is 31.7. The first-order chi connectivity index (χ1) is 14.2. The molecule has 0 aliphatic heterocycles. The van der Waals surface area contributed by atoms with Crippen molar-refractivity contribution in [3.63, 3.8) is 0 Å². The largest absolute Gasteiger partial charge is 1.00 e. The van der Waals surface area contributed by atoms with Gasteiger partial charge >= 0.3 is 66.7 Å². The zero-order valence-corrected chi connectivity index (χ0v) is 26.3. The summed E-state index contributed by atoms with van der Waals surface area (Å²) in [4.78, 5) is 43.7. The van der Waals surface area contributed by atoms with E-state index >= 15 is 0 Å². The topological polar surface area (TPSA) is 133 Å². The van der Waals surface area contributed by atoms with Crippen LogP contribution in [0.3, 0.4) is 0 Å². The molecular weight excluding hydrogens is 476 g/mol.